The van der Waals surface area contributed by atoms with Crippen LogP contribution in [0, 0.1) is 6.92 Å². The van der Waals surface area contributed by atoms with Gasteiger partial charge < -0.3 is 11.1 Å². The highest BCUT2D eigenvalue weighted by atomic mass is 35.5. The van der Waals surface area contributed by atoms with Crippen molar-refractivity contribution in [1.29, 1.82) is 0 Å². The SMILES string of the molecule is Cc1ccc(CNCCCN)c(Cl)c1. The molecule has 0 saturated heterocycles. The lowest BCUT2D eigenvalue weighted by Gasteiger charge is -2.06. The number of hydrogen-bond donors (Lipinski definition) is 2. The van der Waals surface area contributed by atoms with Crippen LogP contribution in [-0.2, 0) is 6.54 Å². The van der Waals surface area contributed by atoms with Crippen LogP contribution in [0.3, 0.4) is 0 Å². The van der Waals surface area contributed by atoms with Crippen molar-refractivity contribution in [2.45, 2.75) is 19.9 Å². The summed E-state index contributed by atoms with van der Waals surface area (Å²) in [5, 5.41) is 4.14. The minimum absolute atomic E-state index is 0.731. The average molecular weight is 213 g/mol. The van der Waals surface area contributed by atoms with Crippen LogP contribution in [0.25, 0.3) is 0 Å². The Balaban J connectivity index is 2.42. The topological polar surface area (TPSA) is 38.0 Å². The number of aryl methyl sites for hydroxylation is 1. The zero-order chi connectivity index (χ0) is 10.4. The molecule has 0 aromatic heterocycles. The lowest BCUT2D eigenvalue weighted by molar-refractivity contribution is 0.655. The Labute approximate surface area is 90.4 Å². The van der Waals surface area contributed by atoms with Crippen molar-refractivity contribution < 1.29 is 0 Å². The van der Waals surface area contributed by atoms with Gasteiger partial charge in [0.25, 0.3) is 0 Å². The predicted molar refractivity (Wildman–Crippen MR) is 61.6 cm³/mol. The fourth-order valence-corrected chi connectivity index (χ4v) is 1.55. The van der Waals surface area contributed by atoms with Gasteiger partial charge in [-0.3, -0.25) is 0 Å². The van der Waals surface area contributed by atoms with E-state index in [2.05, 4.69) is 17.4 Å². The summed E-state index contributed by atoms with van der Waals surface area (Å²) in [6, 6.07) is 6.13. The molecular formula is C11H17ClN2. The molecule has 1 aromatic carbocycles. The predicted octanol–water partition coefficient (Wildman–Crippen LogP) is 2.09. The number of rotatable bonds is 5. The van der Waals surface area contributed by atoms with Crippen LogP contribution < -0.4 is 11.1 Å². The summed E-state index contributed by atoms with van der Waals surface area (Å²) in [4.78, 5) is 0. The van der Waals surface area contributed by atoms with E-state index in [1.807, 2.05) is 13.0 Å². The Morgan fingerprint density at radius 2 is 2.21 bits per heavy atom. The zero-order valence-corrected chi connectivity index (χ0v) is 9.27. The van der Waals surface area contributed by atoms with E-state index in [0.29, 0.717) is 0 Å². The second-order valence-electron chi connectivity index (χ2n) is 3.41. The van der Waals surface area contributed by atoms with E-state index in [9.17, 15) is 0 Å². The van der Waals surface area contributed by atoms with Gasteiger partial charge in [-0.15, -0.1) is 0 Å². The van der Waals surface area contributed by atoms with Gasteiger partial charge >= 0.3 is 0 Å². The first-order valence-corrected chi connectivity index (χ1v) is 5.27. The highest BCUT2D eigenvalue weighted by Crippen LogP contribution is 2.16. The first-order chi connectivity index (χ1) is 6.74. The van der Waals surface area contributed by atoms with E-state index in [-0.39, 0.29) is 0 Å². The highest BCUT2D eigenvalue weighted by molar-refractivity contribution is 6.31. The average Bonchev–Trinajstić information content (AvgIpc) is 2.15. The third-order valence-electron chi connectivity index (χ3n) is 2.08. The molecule has 0 saturated carbocycles. The molecule has 0 radical (unpaired) electrons. The quantitative estimate of drug-likeness (QED) is 0.734. The van der Waals surface area contributed by atoms with Gasteiger partial charge in [0.1, 0.15) is 0 Å². The van der Waals surface area contributed by atoms with Crippen LogP contribution >= 0.6 is 11.6 Å². The van der Waals surface area contributed by atoms with E-state index in [1.165, 1.54) is 5.56 Å². The molecule has 1 aromatic rings. The van der Waals surface area contributed by atoms with Gasteiger partial charge in [0.2, 0.25) is 0 Å². The minimum atomic E-state index is 0.731. The molecule has 1 rings (SSSR count). The molecule has 0 unspecified atom stereocenters. The highest BCUT2D eigenvalue weighted by Gasteiger charge is 1.98. The van der Waals surface area contributed by atoms with Crippen LogP contribution in [0.4, 0.5) is 0 Å². The van der Waals surface area contributed by atoms with E-state index in [4.69, 9.17) is 17.3 Å². The number of nitrogens with two attached hydrogens (primary N) is 1. The van der Waals surface area contributed by atoms with Gasteiger partial charge in [0.15, 0.2) is 0 Å². The second-order valence-corrected chi connectivity index (χ2v) is 3.82. The Kier molecular flexibility index (Phi) is 4.94. The van der Waals surface area contributed by atoms with Crippen molar-refractivity contribution in [2.75, 3.05) is 13.1 Å². The molecule has 14 heavy (non-hydrogen) atoms. The molecule has 0 bridgehead atoms. The monoisotopic (exact) mass is 212 g/mol. The van der Waals surface area contributed by atoms with Crippen molar-refractivity contribution >= 4 is 11.6 Å². The van der Waals surface area contributed by atoms with Crippen LogP contribution in [0.1, 0.15) is 17.5 Å². The smallest absolute Gasteiger partial charge is 0.0453 e. The van der Waals surface area contributed by atoms with Crippen LogP contribution in [0.15, 0.2) is 18.2 Å². The normalized spacial score (nSPS) is 10.5. The van der Waals surface area contributed by atoms with Crippen molar-refractivity contribution in [2.24, 2.45) is 5.73 Å². The maximum absolute atomic E-state index is 6.08. The molecule has 3 heteroatoms. The summed E-state index contributed by atoms with van der Waals surface area (Å²) in [5.41, 5.74) is 7.73. The molecule has 0 atom stereocenters. The van der Waals surface area contributed by atoms with E-state index in [0.717, 1.165) is 36.6 Å². The third kappa shape index (κ3) is 3.66. The number of nitrogens with one attached hydrogen (secondary N) is 1. The van der Waals surface area contributed by atoms with Gasteiger partial charge in [-0.05, 0) is 43.6 Å². The molecule has 3 N–H and O–H groups in total. The van der Waals surface area contributed by atoms with Crippen molar-refractivity contribution in [3.05, 3.63) is 34.3 Å². The lowest BCUT2D eigenvalue weighted by atomic mass is 10.1. The number of halogens is 1. The maximum Gasteiger partial charge on any atom is 0.0453 e. The molecule has 0 spiro atoms. The largest absolute Gasteiger partial charge is 0.330 e. The molecule has 2 nitrogen and oxygen atoms in total. The maximum atomic E-state index is 6.08. The summed E-state index contributed by atoms with van der Waals surface area (Å²) < 4.78 is 0. The summed E-state index contributed by atoms with van der Waals surface area (Å²) in [6.45, 7) is 4.53. The van der Waals surface area contributed by atoms with Crippen LogP contribution in [-0.4, -0.2) is 13.1 Å². The summed E-state index contributed by atoms with van der Waals surface area (Å²) in [5.74, 6) is 0. The molecule has 78 valence electrons. The summed E-state index contributed by atoms with van der Waals surface area (Å²) in [7, 11) is 0. The van der Waals surface area contributed by atoms with Gasteiger partial charge in [-0.25, -0.2) is 0 Å². The molecule has 0 heterocycles. The van der Waals surface area contributed by atoms with Gasteiger partial charge in [0, 0.05) is 11.6 Å². The molecule has 0 aliphatic carbocycles. The Morgan fingerprint density at radius 1 is 1.43 bits per heavy atom. The molecule has 0 amide bonds. The van der Waals surface area contributed by atoms with Crippen LogP contribution in [0.5, 0.6) is 0 Å². The third-order valence-corrected chi connectivity index (χ3v) is 2.43. The number of hydrogen-bond acceptors (Lipinski definition) is 2. The first kappa shape index (κ1) is 11.5. The van der Waals surface area contributed by atoms with Crippen molar-refractivity contribution in [3.8, 4) is 0 Å². The van der Waals surface area contributed by atoms with Crippen molar-refractivity contribution in [3.63, 3.8) is 0 Å². The molecule has 0 fully saturated rings. The lowest BCUT2D eigenvalue weighted by Crippen LogP contribution is -2.17. The molecule has 0 aliphatic rings. The van der Waals surface area contributed by atoms with Crippen LogP contribution in [0.2, 0.25) is 5.02 Å². The van der Waals surface area contributed by atoms with Gasteiger partial charge in [-0.2, -0.15) is 0 Å². The van der Waals surface area contributed by atoms with E-state index < -0.39 is 0 Å². The fourth-order valence-electron chi connectivity index (χ4n) is 1.25. The number of benzene rings is 1. The molecule has 0 aliphatic heterocycles. The van der Waals surface area contributed by atoms with Gasteiger partial charge in [0.05, 0.1) is 0 Å². The van der Waals surface area contributed by atoms with Crippen molar-refractivity contribution in [1.82, 2.24) is 5.32 Å². The fraction of sp³-hybridized carbons (Fsp3) is 0.455. The Hall–Kier alpha value is -0.570. The second kappa shape index (κ2) is 6.02. The Bertz CT molecular complexity index is 287. The Morgan fingerprint density at radius 3 is 2.86 bits per heavy atom. The standard InChI is InChI=1S/C11H17ClN2/c1-9-3-4-10(11(12)7-9)8-14-6-2-5-13/h3-4,7,14H,2,5-6,8,13H2,1H3. The molecular weight excluding hydrogens is 196 g/mol. The van der Waals surface area contributed by atoms with E-state index >= 15 is 0 Å². The van der Waals surface area contributed by atoms with E-state index in [1.54, 1.807) is 0 Å². The zero-order valence-electron chi connectivity index (χ0n) is 8.52. The summed E-state index contributed by atoms with van der Waals surface area (Å²) in [6.07, 6.45) is 1.00. The first-order valence-electron chi connectivity index (χ1n) is 4.90. The minimum Gasteiger partial charge on any atom is -0.330 e. The van der Waals surface area contributed by atoms with Gasteiger partial charge in [-0.1, -0.05) is 23.7 Å². The summed E-state index contributed by atoms with van der Waals surface area (Å²) >= 11 is 6.08.